The predicted octanol–water partition coefficient (Wildman–Crippen LogP) is 1.82. The highest BCUT2D eigenvalue weighted by Crippen LogP contribution is 1.97. The lowest BCUT2D eigenvalue weighted by atomic mass is 10.2. The second-order valence-electron chi connectivity index (χ2n) is 1.80. The number of nitrogens with zero attached hydrogens (tertiary/aromatic N) is 1. The molecule has 1 aromatic rings. The van der Waals surface area contributed by atoms with Crippen molar-refractivity contribution in [2.45, 2.75) is 6.92 Å². The van der Waals surface area contributed by atoms with Gasteiger partial charge in [0.2, 0.25) is 0 Å². The van der Waals surface area contributed by atoms with Crippen molar-refractivity contribution >= 4 is 30.3 Å². The normalized spacial score (nSPS) is 8.10. The third-order valence-electron chi connectivity index (χ3n) is 1.17. The van der Waals surface area contributed by atoms with Gasteiger partial charge in [0.1, 0.15) is 0 Å². The molecule has 1 aromatic heterocycles. The van der Waals surface area contributed by atoms with Crippen molar-refractivity contribution in [3.8, 4) is 0 Å². The molecule has 1 heterocycles. The van der Waals surface area contributed by atoms with E-state index in [1.165, 1.54) is 0 Å². The molecular formula is C7H8INO. The molecule has 0 radical (unpaired) electrons. The Morgan fingerprint density at radius 3 is 2.70 bits per heavy atom. The topological polar surface area (TPSA) is 30.0 Å². The third-order valence-corrected chi connectivity index (χ3v) is 1.17. The van der Waals surface area contributed by atoms with Crippen LogP contribution in [0.4, 0.5) is 0 Å². The first-order chi connectivity index (χ1) is 4.34. The average Bonchev–Trinajstić information content (AvgIpc) is 1.89. The van der Waals surface area contributed by atoms with Gasteiger partial charge in [-0.2, -0.15) is 0 Å². The molecular weight excluding hydrogens is 241 g/mol. The Morgan fingerprint density at radius 2 is 2.30 bits per heavy atom. The molecule has 1 rings (SSSR count). The molecule has 0 bridgehead atoms. The monoisotopic (exact) mass is 249 g/mol. The van der Waals surface area contributed by atoms with Crippen LogP contribution in [-0.2, 0) is 0 Å². The van der Waals surface area contributed by atoms with Crippen LogP contribution < -0.4 is 0 Å². The van der Waals surface area contributed by atoms with Gasteiger partial charge in [0.25, 0.3) is 0 Å². The van der Waals surface area contributed by atoms with Crippen molar-refractivity contribution in [3.05, 3.63) is 29.6 Å². The van der Waals surface area contributed by atoms with E-state index in [1.807, 2.05) is 6.92 Å². The first-order valence-corrected chi connectivity index (χ1v) is 2.71. The average molecular weight is 249 g/mol. The number of hydrogen-bond acceptors (Lipinski definition) is 2. The minimum absolute atomic E-state index is 0. The number of carbonyl (C=O) groups excluding carboxylic acids is 1. The first kappa shape index (κ1) is 9.55. The summed E-state index contributed by atoms with van der Waals surface area (Å²) in [5.41, 5.74) is 1.45. The quantitative estimate of drug-likeness (QED) is 0.561. The van der Waals surface area contributed by atoms with E-state index in [2.05, 4.69) is 4.98 Å². The van der Waals surface area contributed by atoms with Crippen molar-refractivity contribution in [1.29, 1.82) is 0 Å². The van der Waals surface area contributed by atoms with Crippen LogP contribution in [0.2, 0.25) is 0 Å². The van der Waals surface area contributed by atoms with Crippen LogP contribution >= 0.6 is 24.0 Å². The summed E-state index contributed by atoms with van der Waals surface area (Å²) in [6.07, 6.45) is 2.48. The van der Waals surface area contributed by atoms with Crippen molar-refractivity contribution in [2.24, 2.45) is 0 Å². The molecule has 0 aliphatic heterocycles. The van der Waals surface area contributed by atoms with E-state index in [1.54, 1.807) is 18.3 Å². The fourth-order valence-corrected chi connectivity index (χ4v) is 0.621. The largest absolute Gasteiger partial charge is 0.298 e. The van der Waals surface area contributed by atoms with Gasteiger partial charge in [0.15, 0.2) is 6.29 Å². The molecule has 0 aliphatic carbocycles. The van der Waals surface area contributed by atoms with Crippen molar-refractivity contribution in [1.82, 2.24) is 4.98 Å². The highest BCUT2D eigenvalue weighted by Gasteiger charge is 1.91. The Balaban J connectivity index is 0.000000810. The zero-order chi connectivity index (χ0) is 6.69. The van der Waals surface area contributed by atoms with Crippen LogP contribution in [0.5, 0.6) is 0 Å². The minimum Gasteiger partial charge on any atom is -0.298 e. The molecule has 54 valence electrons. The molecule has 0 saturated heterocycles. The van der Waals surface area contributed by atoms with Gasteiger partial charge in [-0.1, -0.05) is 0 Å². The van der Waals surface area contributed by atoms with Crippen LogP contribution in [-0.4, -0.2) is 11.3 Å². The summed E-state index contributed by atoms with van der Waals surface area (Å²) in [5.74, 6) is 0. The lowest BCUT2D eigenvalue weighted by Gasteiger charge is -1.91. The van der Waals surface area contributed by atoms with Gasteiger partial charge in [-0.05, 0) is 19.1 Å². The summed E-state index contributed by atoms with van der Waals surface area (Å²) in [7, 11) is 0. The van der Waals surface area contributed by atoms with Gasteiger partial charge in [0.05, 0.1) is 0 Å². The molecule has 0 saturated carbocycles. The molecule has 0 aliphatic rings. The Kier molecular flexibility index (Phi) is 4.18. The molecule has 0 aromatic carbocycles. The van der Waals surface area contributed by atoms with Crippen LogP contribution in [0, 0.1) is 6.92 Å². The number of aromatic nitrogens is 1. The maximum absolute atomic E-state index is 10.2. The molecule has 2 nitrogen and oxygen atoms in total. The Labute approximate surface area is 76.7 Å². The number of halogens is 1. The van der Waals surface area contributed by atoms with E-state index < -0.39 is 0 Å². The highest BCUT2D eigenvalue weighted by molar-refractivity contribution is 14.0. The summed E-state index contributed by atoms with van der Waals surface area (Å²) in [4.78, 5) is 14.1. The van der Waals surface area contributed by atoms with E-state index in [4.69, 9.17) is 0 Å². The van der Waals surface area contributed by atoms with Gasteiger partial charge < -0.3 is 0 Å². The van der Waals surface area contributed by atoms with E-state index in [0.29, 0.717) is 5.56 Å². The van der Waals surface area contributed by atoms with Gasteiger partial charge in [-0.25, -0.2) is 0 Å². The summed E-state index contributed by atoms with van der Waals surface area (Å²) < 4.78 is 0. The fourth-order valence-electron chi connectivity index (χ4n) is 0.621. The number of aryl methyl sites for hydroxylation is 1. The van der Waals surface area contributed by atoms with E-state index in [0.717, 1.165) is 12.0 Å². The van der Waals surface area contributed by atoms with Gasteiger partial charge in [-0.3, -0.25) is 9.78 Å². The lowest BCUT2D eigenvalue weighted by molar-refractivity contribution is 0.112. The van der Waals surface area contributed by atoms with Crippen molar-refractivity contribution in [3.63, 3.8) is 0 Å². The molecule has 0 unspecified atom stereocenters. The number of aldehydes is 1. The number of hydrogen-bond donors (Lipinski definition) is 0. The smallest absolute Gasteiger partial charge is 0.151 e. The summed E-state index contributed by atoms with van der Waals surface area (Å²) >= 11 is 0. The van der Waals surface area contributed by atoms with E-state index in [9.17, 15) is 4.79 Å². The second-order valence-corrected chi connectivity index (χ2v) is 1.80. The zero-order valence-electron chi connectivity index (χ0n) is 5.57. The molecule has 0 amide bonds. The molecule has 3 heteroatoms. The molecule has 0 spiro atoms. The van der Waals surface area contributed by atoms with Gasteiger partial charge in [-0.15, -0.1) is 24.0 Å². The SMILES string of the molecule is Cc1ncccc1C=O.I. The zero-order valence-corrected chi connectivity index (χ0v) is 7.90. The fraction of sp³-hybridized carbons (Fsp3) is 0.143. The first-order valence-electron chi connectivity index (χ1n) is 2.71. The summed E-state index contributed by atoms with van der Waals surface area (Å²) in [6.45, 7) is 1.81. The van der Waals surface area contributed by atoms with Gasteiger partial charge >= 0.3 is 0 Å². The number of carbonyl (C=O) groups is 1. The Bertz CT molecular complexity index is 225. The number of pyridine rings is 1. The molecule has 0 atom stereocenters. The minimum atomic E-state index is 0. The van der Waals surface area contributed by atoms with Crippen molar-refractivity contribution < 1.29 is 4.79 Å². The van der Waals surface area contributed by atoms with Gasteiger partial charge in [0, 0.05) is 17.5 Å². The predicted molar refractivity (Wildman–Crippen MR) is 49.8 cm³/mol. The van der Waals surface area contributed by atoms with E-state index in [-0.39, 0.29) is 24.0 Å². The molecule has 0 fully saturated rings. The molecule has 0 N–H and O–H groups in total. The maximum atomic E-state index is 10.2. The summed E-state index contributed by atoms with van der Waals surface area (Å²) in [5, 5.41) is 0. The van der Waals surface area contributed by atoms with Crippen LogP contribution in [0.15, 0.2) is 18.3 Å². The summed E-state index contributed by atoms with van der Waals surface area (Å²) in [6, 6.07) is 3.49. The van der Waals surface area contributed by atoms with Crippen LogP contribution in [0.25, 0.3) is 0 Å². The standard InChI is InChI=1S/C7H7NO.HI/c1-6-7(5-9)3-2-4-8-6;/h2-5H,1H3;1H. The van der Waals surface area contributed by atoms with Crippen LogP contribution in [0.1, 0.15) is 16.1 Å². The lowest BCUT2D eigenvalue weighted by Crippen LogP contribution is -1.87. The molecule has 10 heavy (non-hydrogen) atoms. The van der Waals surface area contributed by atoms with E-state index >= 15 is 0 Å². The third kappa shape index (κ3) is 2.06. The Morgan fingerprint density at radius 1 is 1.60 bits per heavy atom. The van der Waals surface area contributed by atoms with Crippen LogP contribution in [0.3, 0.4) is 0 Å². The van der Waals surface area contributed by atoms with Crippen molar-refractivity contribution in [2.75, 3.05) is 0 Å². The second kappa shape index (κ2) is 4.38. The number of rotatable bonds is 1. The Hall–Kier alpha value is -0.450. The highest BCUT2D eigenvalue weighted by atomic mass is 127. The maximum Gasteiger partial charge on any atom is 0.151 e.